The van der Waals surface area contributed by atoms with Gasteiger partial charge in [-0.1, -0.05) is 6.92 Å². The molecule has 0 saturated heterocycles. The normalized spacial score (nSPS) is 13.8. The van der Waals surface area contributed by atoms with Gasteiger partial charge in [-0.3, -0.25) is 5.10 Å². The third-order valence-electron chi connectivity index (χ3n) is 2.68. The molecular weight excluding hydrogens is 272 g/mol. The topological polar surface area (TPSA) is 101 Å². The molecule has 1 heterocycles. The molecule has 1 rings (SSSR count). The third-order valence-corrected chi connectivity index (χ3v) is 4.90. The van der Waals surface area contributed by atoms with Crippen LogP contribution in [0.15, 0.2) is 5.03 Å². The fourth-order valence-corrected chi connectivity index (χ4v) is 3.96. The van der Waals surface area contributed by atoms with Gasteiger partial charge in [-0.25, -0.2) is 13.1 Å². The Bertz CT molecular complexity index is 484. The molecular formula is C10H20N4O2S2. The van der Waals surface area contributed by atoms with E-state index in [0.29, 0.717) is 11.3 Å². The highest BCUT2D eigenvalue weighted by Gasteiger charge is 2.25. The molecule has 0 radical (unpaired) electrons. The summed E-state index contributed by atoms with van der Waals surface area (Å²) in [5, 5.41) is 6.52. The minimum Gasteiger partial charge on any atom is -0.326 e. The Morgan fingerprint density at radius 3 is 2.72 bits per heavy atom. The Labute approximate surface area is 112 Å². The maximum atomic E-state index is 12.2. The molecule has 0 saturated carbocycles. The van der Waals surface area contributed by atoms with Crippen molar-refractivity contribution in [3.63, 3.8) is 0 Å². The van der Waals surface area contributed by atoms with Gasteiger partial charge in [0.2, 0.25) is 0 Å². The first kappa shape index (κ1) is 15.5. The molecule has 1 atom stereocenters. The molecule has 4 N–H and O–H groups in total. The third kappa shape index (κ3) is 3.47. The average Bonchev–Trinajstić information content (AvgIpc) is 2.70. The quantitative estimate of drug-likeness (QED) is 0.683. The van der Waals surface area contributed by atoms with Crippen LogP contribution in [0.25, 0.3) is 0 Å². The lowest BCUT2D eigenvalue weighted by molar-refractivity contribution is 0.553. The monoisotopic (exact) mass is 292 g/mol. The number of nitrogens with two attached hydrogens (primary N) is 1. The van der Waals surface area contributed by atoms with Crippen molar-refractivity contribution in [2.24, 2.45) is 5.73 Å². The van der Waals surface area contributed by atoms with Crippen molar-refractivity contribution < 1.29 is 8.42 Å². The summed E-state index contributed by atoms with van der Waals surface area (Å²) in [4.78, 5) is 0. The molecule has 0 amide bonds. The van der Waals surface area contributed by atoms with Crippen molar-refractivity contribution in [1.82, 2.24) is 14.9 Å². The van der Waals surface area contributed by atoms with E-state index in [1.807, 2.05) is 13.2 Å². The summed E-state index contributed by atoms with van der Waals surface area (Å²) in [7, 11) is -3.60. The molecule has 104 valence electrons. The molecule has 18 heavy (non-hydrogen) atoms. The van der Waals surface area contributed by atoms with Crippen molar-refractivity contribution in [3.8, 4) is 0 Å². The van der Waals surface area contributed by atoms with Gasteiger partial charge in [-0.05, 0) is 19.6 Å². The first-order chi connectivity index (χ1) is 8.46. The predicted molar refractivity (Wildman–Crippen MR) is 74.0 cm³/mol. The lowest BCUT2D eigenvalue weighted by Crippen LogP contribution is -2.36. The summed E-state index contributed by atoms with van der Waals surface area (Å²) >= 11 is 1.61. The standard InChI is InChI=1S/C10H20N4O2S2/c1-4-8(6-17-3)14-18(15,16)10-9(5-11)7(2)12-13-10/h8,14H,4-6,11H2,1-3H3,(H,12,13). The number of sulfonamides is 1. The van der Waals surface area contributed by atoms with Gasteiger partial charge < -0.3 is 5.73 Å². The number of rotatable bonds is 7. The average molecular weight is 292 g/mol. The summed E-state index contributed by atoms with van der Waals surface area (Å²) < 4.78 is 27.1. The molecule has 1 unspecified atom stereocenters. The van der Waals surface area contributed by atoms with E-state index in [1.54, 1.807) is 18.7 Å². The number of aromatic nitrogens is 2. The Balaban J connectivity index is 2.98. The summed E-state index contributed by atoms with van der Waals surface area (Å²) in [5.74, 6) is 0.733. The van der Waals surface area contributed by atoms with Crippen LogP contribution >= 0.6 is 11.8 Å². The molecule has 0 aliphatic rings. The Kier molecular flexibility index (Phi) is 5.64. The van der Waals surface area contributed by atoms with E-state index >= 15 is 0 Å². The Morgan fingerprint density at radius 1 is 1.56 bits per heavy atom. The van der Waals surface area contributed by atoms with E-state index in [9.17, 15) is 8.42 Å². The van der Waals surface area contributed by atoms with E-state index in [4.69, 9.17) is 5.73 Å². The number of aryl methyl sites for hydroxylation is 1. The first-order valence-corrected chi connectivity index (χ1v) is 8.59. The van der Waals surface area contributed by atoms with Crippen LogP contribution in [0.3, 0.4) is 0 Å². The molecule has 0 aliphatic carbocycles. The van der Waals surface area contributed by atoms with Gasteiger partial charge in [0.15, 0.2) is 5.03 Å². The lowest BCUT2D eigenvalue weighted by Gasteiger charge is -2.15. The molecule has 6 nitrogen and oxygen atoms in total. The Morgan fingerprint density at radius 2 is 2.22 bits per heavy atom. The number of hydrogen-bond donors (Lipinski definition) is 3. The summed E-state index contributed by atoms with van der Waals surface area (Å²) in [6, 6.07) is -0.0902. The predicted octanol–water partition coefficient (Wildman–Crippen LogP) is 0.597. The molecule has 1 aromatic heterocycles. The van der Waals surface area contributed by atoms with Crippen LogP contribution < -0.4 is 10.5 Å². The van der Waals surface area contributed by atoms with E-state index in [1.165, 1.54) is 0 Å². The number of nitrogens with zero attached hydrogens (tertiary/aromatic N) is 1. The number of thioether (sulfide) groups is 1. The van der Waals surface area contributed by atoms with Gasteiger partial charge in [-0.2, -0.15) is 16.9 Å². The number of hydrogen-bond acceptors (Lipinski definition) is 5. The van der Waals surface area contributed by atoms with Crippen LogP contribution in [-0.4, -0.2) is 36.7 Å². The van der Waals surface area contributed by atoms with Gasteiger partial charge in [0.25, 0.3) is 10.0 Å². The Hall–Kier alpha value is -0.570. The lowest BCUT2D eigenvalue weighted by atomic mass is 10.3. The molecule has 0 spiro atoms. The van der Waals surface area contributed by atoms with Gasteiger partial charge >= 0.3 is 0 Å². The van der Waals surface area contributed by atoms with Crippen molar-refractivity contribution in [2.75, 3.05) is 12.0 Å². The first-order valence-electron chi connectivity index (χ1n) is 5.71. The fourth-order valence-electron chi connectivity index (χ4n) is 1.60. The summed E-state index contributed by atoms with van der Waals surface area (Å²) in [6.45, 7) is 3.86. The summed E-state index contributed by atoms with van der Waals surface area (Å²) in [5.41, 5.74) is 6.79. The van der Waals surface area contributed by atoms with Crippen LogP contribution in [-0.2, 0) is 16.6 Å². The van der Waals surface area contributed by atoms with Crippen LogP contribution in [0.2, 0.25) is 0 Å². The number of nitrogens with one attached hydrogen (secondary N) is 2. The highest BCUT2D eigenvalue weighted by atomic mass is 32.2. The molecule has 0 aliphatic heterocycles. The zero-order chi connectivity index (χ0) is 13.8. The van der Waals surface area contributed by atoms with Gasteiger partial charge in [0, 0.05) is 29.6 Å². The van der Waals surface area contributed by atoms with Crippen molar-refractivity contribution in [1.29, 1.82) is 0 Å². The minimum atomic E-state index is -3.60. The van der Waals surface area contributed by atoms with Crippen LogP contribution in [0.1, 0.15) is 24.6 Å². The minimum absolute atomic E-state index is 0.0158. The van der Waals surface area contributed by atoms with E-state index < -0.39 is 10.0 Å². The van der Waals surface area contributed by atoms with Gasteiger partial charge in [0.1, 0.15) is 0 Å². The second-order valence-electron chi connectivity index (χ2n) is 4.02. The second kappa shape index (κ2) is 6.55. The van der Waals surface area contributed by atoms with E-state index in [0.717, 1.165) is 12.2 Å². The zero-order valence-electron chi connectivity index (χ0n) is 10.9. The van der Waals surface area contributed by atoms with E-state index in [2.05, 4.69) is 14.9 Å². The highest BCUT2D eigenvalue weighted by Crippen LogP contribution is 2.16. The van der Waals surface area contributed by atoms with Crippen LogP contribution in [0, 0.1) is 6.92 Å². The maximum Gasteiger partial charge on any atom is 0.260 e. The van der Waals surface area contributed by atoms with Crippen LogP contribution in [0.4, 0.5) is 0 Å². The van der Waals surface area contributed by atoms with Crippen molar-refractivity contribution >= 4 is 21.8 Å². The molecule has 8 heteroatoms. The smallest absolute Gasteiger partial charge is 0.260 e. The molecule has 0 aromatic carbocycles. The fraction of sp³-hybridized carbons (Fsp3) is 0.700. The second-order valence-corrected chi connectivity index (χ2v) is 6.56. The number of aromatic amines is 1. The largest absolute Gasteiger partial charge is 0.326 e. The van der Waals surface area contributed by atoms with Gasteiger partial charge in [0.05, 0.1) is 0 Å². The molecule has 0 fully saturated rings. The highest BCUT2D eigenvalue weighted by molar-refractivity contribution is 7.98. The molecule has 0 bridgehead atoms. The van der Waals surface area contributed by atoms with Crippen LogP contribution in [0.5, 0.6) is 0 Å². The SMILES string of the molecule is CCC(CSC)NS(=O)(=O)c1n[nH]c(C)c1CN. The van der Waals surface area contributed by atoms with Crippen molar-refractivity contribution in [3.05, 3.63) is 11.3 Å². The zero-order valence-corrected chi connectivity index (χ0v) is 12.5. The van der Waals surface area contributed by atoms with E-state index in [-0.39, 0.29) is 17.6 Å². The maximum absolute atomic E-state index is 12.2. The van der Waals surface area contributed by atoms with Crippen molar-refractivity contribution in [2.45, 2.75) is 37.9 Å². The number of H-pyrrole nitrogens is 1. The van der Waals surface area contributed by atoms with Gasteiger partial charge in [-0.15, -0.1) is 0 Å². The summed E-state index contributed by atoms with van der Waals surface area (Å²) in [6.07, 6.45) is 2.68. The molecule has 1 aromatic rings.